The molecule has 0 aliphatic heterocycles. The van der Waals surface area contributed by atoms with E-state index < -0.39 is 6.04 Å². The molecule has 13 heteroatoms. The van der Waals surface area contributed by atoms with E-state index in [1.54, 1.807) is 46.7 Å². The number of hydrogen-bond acceptors (Lipinski definition) is 9. The maximum Gasteiger partial charge on any atom is 0.255 e. The SMILES string of the molecule is C[C@@H](NC(=O)c1cc(-c2cnn(C)c2)cnc1N)c1nnc2sc(Nc3cccc(Cl)c3)nn12. The Morgan fingerprint density at radius 3 is 2.82 bits per heavy atom. The molecular weight excluding hydrogens is 476 g/mol. The number of rotatable bonds is 6. The fourth-order valence-corrected chi connectivity index (χ4v) is 4.32. The van der Waals surface area contributed by atoms with E-state index in [2.05, 4.69) is 36.0 Å². The summed E-state index contributed by atoms with van der Waals surface area (Å²) in [6.07, 6.45) is 5.14. The number of nitrogens with one attached hydrogen (secondary N) is 2. The predicted molar refractivity (Wildman–Crippen MR) is 130 cm³/mol. The van der Waals surface area contributed by atoms with E-state index in [9.17, 15) is 4.79 Å². The van der Waals surface area contributed by atoms with Crippen LogP contribution in [0.2, 0.25) is 5.02 Å². The van der Waals surface area contributed by atoms with Crippen LogP contribution in [0.25, 0.3) is 16.1 Å². The minimum Gasteiger partial charge on any atom is -0.383 e. The van der Waals surface area contributed by atoms with E-state index in [0.717, 1.165) is 16.8 Å². The monoisotopic (exact) mass is 494 g/mol. The number of hydrogen-bond donors (Lipinski definition) is 3. The summed E-state index contributed by atoms with van der Waals surface area (Å²) in [5, 5.41) is 24.4. The highest BCUT2D eigenvalue weighted by molar-refractivity contribution is 7.20. The second kappa shape index (κ2) is 8.72. The van der Waals surface area contributed by atoms with E-state index >= 15 is 0 Å². The summed E-state index contributed by atoms with van der Waals surface area (Å²) in [5.41, 5.74) is 8.62. The molecule has 0 bridgehead atoms. The molecule has 0 radical (unpaired) electrons. The Hall–Kier alpha value is -4.03. The third-order valence-electron chi connectivity index (χ3n) is 5.03. The second-order valence-corrected chi connectivity index (χ2v) is 8.94. The molecule has 1 aromatic carbocycles. The number of benzene rings is 1. The van der Waals surface area contributed by atoms with Crippen LogP contribution in [0.15, 0.2) is 48.9 Å². The third kappa shape index (κ3) is 4.28. The van der Waals surface area contributed by atoms with Crippen LogP contribution in [-0.4, -0.2) is 40.5 Å². The van der Waals surface area contributed by atoms with Crippen molar-refractivity contribution in [2.45, 2.75) is 13.0 Å². The summed E-state index contributed by atoms with van der Waals surface area (Å²) in [6, 6.07) is 8.52. The fourth-order valence-electron chi connectivity index (χ4n) is 3.37. The summed E-state index contributed by atoms with van der Waals surface area (Å²) in [6.45, 7) is 1.80. The maximum atomic E-state index is 13.0. The lowest BCUT2D eigenvalue weighted by molar-refractivity contribution is 0.0938. The molecule has 4 heterocycles. The molecule has 4 aromatic heterocycles. The molecule has 1 amide bonds. The Balaban J connectivity index is 1.36. The van der Waals surface area contributed by atoms with Gasteiger partial charge in [0.05, 0.1) is 17.8 Å². The number of nitrogens with two attached hydrogens (primary N) is 1. The van der Waals surface area contributed by atoms with Crippen molar-refractivity contribution in [3.05, 3.63) is 65.3 Å². The van der Waals surface area contributed by atoms with Crippen molar-refractivity contribution in [2.75, 3.05) is 11.1 Å². The molecule has 0 unspecified atom stereocenters. The zero-order chi connectivity index (χ0) is 23.8. The predicted octanol–water partition coefficient (Wildman–Crippen LogP) is 3.45. The maximum absolute atomic E-state index is 13.0. The number of aryl methyl sites for hydroxylation is 1. The molecule has 1 atom stereocenters. The number of nitrogens with zero attached hydrogens (tertiary/aromatic N) is 7. The van der Waals surface area contributed by atoms with Crippen LogP contribution in [0.3, 0.4) is 0 Å². The van der Waals surface area contributed by atoms with Crippen molar-refractivity contribution >= 4 is 50.4 Å². The standard InChI is InChI=1S/C21H19ClN10OS/c1-11(26-19(33)16-6-12(8-24-17(16)23)13-9-25-31(2)10-13)18-28-29-21-32(18)30-20(34-21)27-15-5-3-4-14(22)7-15/h3-11H,1-2H3,(H2,23,24)(H,26,33)(H,27,30)/t11-/m1/s1. The van der Waals surface area contributed by atoms with Crippen molar-refractivity contribution in [3.8, 4) is 11.1 Å². The third-order valence-corrected chi connectivity index (χ3v) is 6.08. The van der Waals surface area contributed by atoms with Gasteiger partial charge in [0.25, 0.3) is 5.91 Å². The van der Waals surface area contributed by atoms with Crippen molar-refractivity contribution in [1.82, 2.24) is 39.9 Å². The number of aromatic nitrogens is 7. The number of anilines is 3. The van der Waals surface area contributed by atoms with Crippen molar-refractivity contribution in [2.24, 2.45) is 7.05 Å². The average molecular weight is 495 g/mol. The van der Waals surface area contributed by atoms with Gasteiger partial charge < -0.3 is 16.4 Å². The lowest BCUT2D eigenvalue weighted by Gasteiger charge is -2.13. The van der Waals surface area contributed by atoms with E-state index in [4.69, 9.17) is 17.3 Å². The fraction of sp³-hybridized carbons (Fsp3) is 0.143. The highest BCUT2D eigenvalue weighted by Gasteiger charge is 2.21. The van der Waals surface area contributed by atoms with Gasteiger partial charge in [-0.15, -0.1) is 15.3 Å². The van der Waals surface area contributed by atoms with Crippen LogP contribution in [0, 0.1) is 0 Å². The van der Waals surface area contributed by atoms with Gasteiger partial charge in [0.2, 0.25) is 10.1 Å². The van der Waals surface area contributed by atoms with Gasteiger partial charge in [-0.25, -0.2) is 4.98 Å². The molecule has 34 heavy (non-hydrogen) atoms. The number of halogens is 1. The lowest BCUT2D eigenvalue weighted by Crippen LogP contribution is -2.29. The van der Waals surface area contributed by atoms with Gasteiger partial charge in [0.15, 0.2) is 5.82 Å². The highest BCUT2D eigenvalue weighted by atomic mass is 35.5. The van der Waals surface area contributed by atoms with Crippen molar-refractivity contribution in [3.63, 3.8) is 0 Å². The topological polar surface area (TPSA) is 141 Å². The van der Waals surface area contributed by atoms with Gasteiger partial charge in [-0.2, -0.15) is 9.61 Å². The Bertz CT molecular complexity index is 1510. The van der Waals surface area contributed by atoms with Gasteiger partial charge in [-0.3, -0.25) is 9.48 Å². The number of carbonyl (C=O) groups excluding carboxylic acids is 1. The molecular formula is C21H19ClN10OS. The molecule has 0 fully saturated rings. The van der Waals surface area contributed by atoms with Gasteiger partial charge in [0.1, 0.15) is 5.82 Å². The molecule has 4 N–H and O–H groups in total. The van der Waals surface area contributed by atoms with E-state index in [1.807, 2.05) is 25.4 Å². The Kier molecular flexibility index (Phi) is 5.59. The zero-order valence-corrected chi connectivity index (χ0v) is 19.7. The molecule has 0 spiro atoms. The average Bonchev–Trinajstić information content (AvgIpc) is 3.50. The first-order chi connectivity index (χ1) is 16.4. The van der Waals surface area contributed by atoms with Gasteiger partial charge in [0, 0.05) is 41.3 Å². The first-order valence-electron chi connectivity index (χ1n) is 10.2. The van der Waals surface area contributed by atoms with Gasteiger partial charge >= 0.3 is 0 Å². The smallest absolute Gasteiger partial charge is 0.255 e. The minimum atomic E-state index is -0.495. The summed E-state index contributed by atoms with van der Waals surface area (Å²) in [4.78, 5) is 17.8. The van der Waals surface area contributed by atoms with Gasteiger partial charge in [-0.1, -0.05) is 29.0 Å². The van der Waals surface area contributed by atoms with Crippen LogP contribution < -0.4 is 16.4 Å². The summed E-state index contributed by atoms with van der Waals surface area (Å²) in [5.74, 6) is 0.228. The van der Waals surface area contributed by atoms with Crippen LogP contribution in [0.5, 0.6) is 0 Å². The first-order valence-corrected chi connectivity index (χ1v) is 11.4. The molecule has 11 nitrogen and oxygen atoms in total. The highest BCUT2D eigenvalue weighted by Crippen LogP contribution is 2.26. The van der Waals surface area contributed by atoms with E-state index in [1.165, 1.54) is 11.3 Å². The largest absolute Gasteiger partial charge is 0.383 e. The van der Waals surface area contributed by atoms with Crippen molar-refractivity contribution < 1.29 is 4.79 Å². The minimum absolute atomic E-state index is 0.130. The molecule has 5 rings (SSSR count). The number of nitrogen functional groups attached to an aromatic ring is 1. The number of fused-ring (bicyclic) bond motifs is 1. The summed E-state index contributed by atoms with van der Waals surface area (Å²) >= 11 is 7.38. The van der Waals surface area contributed by atoms with Gasteiger partial charge in [-0.05, 0) is 31.2 Å². The molecule has 0 aliphatic carbocycles. The summed E-state index contributed by atoms with van der Waals surface area (Å²) < 4.78 is 3.27. The van der Waals surface area contributed by atoms with Crippen LogP contribution in [0.4, 0.5) is 16.6 Å². The van der Waals surface area contributed by atoms with Crippen molar-refractivity contribution in [1.29, 1.82) is 0 Å². The quantitative estimate of drug-likeness (QED) is 0.326. The normalized spacial score (nSPS) is 12.1. The molecule has 0 saturated carbocycles. The number of amides is 1. The van der Waals surface area contributed by atoms with E-state index in [0.29, 0.717) is 20.9 Å². The van der Waals surface area contributed by atoms with Crippen LogP contribution in [0.1, 0.15) is 29.1 Å². The number of carbonyl (C=O) groups is 1. The number of pyridine rings is 1. The molecule has 0 aliphatic rings. The van der Waals surface area contributed by atoms with Crippen LogP contribution >= 0.6 is 22.9 Å². The lowest BCUT2D eigenvalue weighted by atomic mass is 10.1. The molecule has 172 valence electrons. The van der Waals surface area contributed by atoms with Crippen LogP contribution in [-0.2, 0) is 7.05 Å². The Morgan fingerprint density at radius 2 is 2.06 bits per heavy atom. The Morgan fingerprint density at radius 1 is 1.21 bits per heavy atom. The van der Waals surface area contributed by atoms with E-state index in [-0.39, 0.29) is 17.3 Å². The zero-order valence-electron chi connectivity index (χ0n) is 18.1. The molecule has 5 aromatic rings. The first kappa shape index (κ1) is 21.8. The second-order valence-electron chi connectivity index (χ2n) is 7.55. The summed E-state index contributed by atoms with van der Waals surface area (Å²) in [7, 11) is 1.82. The molecule has 0 saturated heterocycles. The Labute approximate surface area is 202 Å².